The first kappa shape index (κ1) is 15.4. The summed E-state index contributed by atoms with van der Waals surface area (Å²) in [5.74, 6) is -0.932. The molecular formula is C16H22N2O3. The van der Waals surface area contributed by atoms with E-state index in [0.717, 1.165) is 12.8 Å². The average molecular weight is 290 g/mol. The zero-order valence-electron chi connectivity index (χ0n) is 12.3. The summed E-state index contributed by atoms with van der Waals surface area (Å²) in [7, 11) is 0. The van der Waals surface area contributed by atoms with E-state index in [1.165, 1.54) is 0 Å². The highest BCUT2D eigenvalue weighted by atomic mass is 16.4. The summed E-state index contributed by atoms with van der Waals surface area (Å²) in [5.41, 5.74) is 5.97. The molecule has 3 N–H and O–H groups in total. The maximum Gasteiger partial charge on any atom is 0.311 e. The third kappa shape index (κ3) is 3.17. The Morgan fingerprint density at radius 3 is 2.81 bits per heavy atom. The van der Waals surface area contributed by atoms with Crippen LogP contribution in [0.5, 0.6) is 0 Å². The highest BCUT2D eigenvalue weighted by molar-refractivity contribution is 5.95. The molecule has 1 aliphatic heterocycles. The molecule has 21 heavy (non-hydrogen) atoms. The number of nitrogen functional groups attached to an aromatic ring is 1. The molecule has 114 valence electrons. The molecule has 0 radical (unpaired) electrons. The summed E-state index contributed by atoms with van der Waals surface area (Å²) in [6, 6.07) is 6.82. The number of rotatable bonds is 4. The van der Waals surface area contributed by atoms with Gasteiger partial charge >= 0.3 is 5.97 Å². The maximum absolute atomic E-state index is 12.5. The van der Waals surface area contributed by atoms with Gasteiger partial charge in [0.05, 0.1) is 5.41 Å². The van der Waals surface area contributed by atoms with Gasteiger partial charge in [-0.25, -0.2) is 0 Å². The molecule has 1 aliphatic rings. The molecule has 5 nitrogen and oxygen atoms in total. The number of nitrogens with two attached hydrogens (primary N) is 1. The van der Waals surface area contributed by atoms with Crippen LogP contribution in [-0.2, 0) is 4.79 Å². The van der Waals surface area contributed by atoms with Gasteiger partial charge in [-0.1, -0.05) is 19.4 Å². The van der Waals surface area contributed by atoms with Crippen LogP contribution < -0.4 is 5.73 Å². The molecule has 1 amide bonds. The molecule has 1 heterocycles. The molecule has 1 atom stereocenters. The second kappa shape index (κ2) is 6.16. The molecule has 1 unspecified atom stereocenters. The second-order valence-corrected chi connectivity index (χ2v) is 5.79. The molecule has 1 aromatic rings. The molecule has 1 saturated heterocycles. The predicted octanol–water partition coefficient (Wildman–Crippen LogP) is 2.38. The molecule has 0 bridgehead atoms. The third-order valence-electron chi connectivity index (χ3n) is 4.18. The maximum atomic E-state index is 12.5. The summed E-state index contributed by atoms with van der Waals surface area (Å²) in [6.45, 7) is 2.86. The van der Waals surface area contributed by atoms with E-state index in [9.17, 15) is 14.7 Å². The Morgan fingerprint density at radius 1 is 1.43 bits per heavy atom. The number of carbonyl (C=O) groups is 2. The number of carboxylic acid groups (broad SMARTS) is 1. The van der Waals surface area contributed by atoms with Gasteiger partial charge in [-0.2, -0.15) is 0 Å². The van der Waals surface area contributed by atoms with E-state index < -0.39 is 11.4 Å². The summed E-state index contributed by atoms with van der Waals surface area (Å²) < 4.78 is 0. The van der Waals surface area contributed by atoms with Gasteiger partial charge in [-0.3, -0.25) is 9.59 Å². The van der Waals surface area contributed by atoms with Crippen LogP contribution in [0.1, 0.15) is 43.0 Å². The van der Waals surface area contributed by atoms with Gasteiger partial charge < -0.3 is 15.7 Å². The number of anilines is 1. The Bertz CT molecular complexity index is 540. The van der Waals surface area contributed by atoms with Crippen molar-refractivity contribution in [2.75, 3.05) is 18.8 Å². The average Bonchev–Trinajstić information content (AvgIpc) is 2.47. The topological polar surface area (TPSA) is 83.6 Å². The lowest BCUT2D eigenvalue weighted by atomic mass is 9.76. The Morgan fingerprint density at radius 2 is 2.19 bits per heavy atom. The van der Waals surface area contributed by atoms with Gasteiger partial charge in [-0.15, -0.1) is 0 Å². The van der Waals surface area contributed by atoms with Crippen LogP contribution in [0.15, 0.2) is 24.3 Å². The number of amides is 1. The van der Waals surface area contributed by atoms with Gasteiger partial charge in [0.15, 0.2) is 0 Å². The van der Waals surface area contributed by atoms with Crippen molar-refractivity contribution >= 4 is 17.6 Å². The number of nitrogens with zero attached hydrogens (tertiary/aromatic N) is 1. The van der Waals surface area contributed by atoms with Crippen molar-refractivity contribution in [3.8, 4) is 0 Å². The molecular weight excluding hydrogens is 268 g/mol. The minimum atomic E-state index is -0.803. The Hall–Kier alpha value is -2.04. The molecule has 1 fully saturated rings. The summed E-state index contributed by atoms with van der Waals surface area (Å²) in [6.07, 6.45) is 2.76. The minimum Gasteiger partial charge on any atom is -0.481 e. The van der Waals surface area contributed by atoms with E-state index >= 15 is 0 Å². The van der Waals surface area contributed by atoms with Crippen LogP contribution in [-0.4, -0.2) is 35.0 Å². The molecule has 0 aromatic heterocycles. The van der Waals surface area contributed by atoms with Gasteiger partial charge in [0.25, 0.3) is 5.91 Å². The van der Waals surface area contributed by atoms with Gasteiger partial charge in [0, 0.05) is 24.3 Å². The quantitative estimate of drug-likeness (QED) is 0.834. The van der Waals surface area contributed by atoms with Crippen molar-refractivity contribution in [3.63, 3.8) is 0 Å². The zero-order chi connectivity index (χ0) is 15.5. The highest BCUT2D eigenvalue weighted by Gasteiger charge is 2.42. The van der Waals surface area contributed by atoms with Crippen LogP contribution in [0.4, 0.5) is 5.69 Å². The van der Waals surface area contributed by atoms with Crippen molar-refractivity contribution < 1.29 is 14.7 Å². The van der Waals surface area contributed by atoms with Crippen molar-refractivity contribution in [2.24, 2.45) is 5.41 Å². The van der Waals surface area contributed by atoms with Crippen LogP contribution >= 0.6 is 0 Å². The second-order valence-electron chi connectivity index (χ2n) is 5.79. The van der Waals surface area contributed by atoms with E-state index in [2.05, 4.69) is 0 Å². The smallest absolute Gasteiger partial charge is 0.311 e. The number of piperidine rings is 1. The van der Waals surface area contributed by atoms with E-state index in [1.807, 2.05) is 6.92 Å². The fourth-order valence-corrected chi connectivity index (χ4v) is 3.12. The first-order chi connectivity index (χ1) is 9.98. The van der Waals surface area contributed by atoms with Crippen molar-refractivity contribution in [1.29, 1.82) is 0 Å². The monoisotopic (exact) mass is 290 g/mol. The summed E-state index contributed by atoms with van der Waals surface area (Å²) in [5, 5.41) is 9.58. The largest absolute Gasteiger partial charge is 0.481 e. The van der Waals surface area contributed by atoms with Crippen molar-refractivity contribution in [2.45, 2.75) is 32.6 Å². The van der Waals surface area contributed by atoms with Gasteiger partial charge in [-0.05, 0) is 37.5 Å². The number of hydrogen-bond donors (Lipinski definition) is 2. The lowest BCUT2D eigenvalue weighted by molar-refractivity contribution is -0.152. The molecule has 5 heteroatoms. The number of carboxylic acids is 1. The minimum absolute atomic E-state index is 0.135. The molecule has 1 aromatic carbocycles. The van der Waals surface area contributed by atoms with Gasteiger partial charge in [0.2, 0.25) is 0 Å². The van der Waals surface area contributed by atoms with E-state index in [1.54, 1.807) is 29.2 Å². The van der Waals surface area contributed by atoms with Crippen LogP contribution in [0, 0.1) is 5.41 Å². The molecule has 0 aliphatic carbocycles. The summed E-state index contributed by atoms with van der Waals surface area (Å²) >= 11 is 0. The number of carbonyl (C=O) groups excluding carboxylic acids is 1. The van der Waals surface area contributed by atoms with Crippen molar-refractivity contribution in [1.82, 2.24) is 4.90 Å². The van der Waals surface area contributed by atoms with Crippen molar-refractivity contribution in [3.05, 3.63) is 29.8 Å². The SMILES string of the molecule is CCCC1(C(=O)O)CCCN(C(=O)c2cccc(N)c2)C1. The lowest BCUT2D eigenvalue weighted by Crippen LogP contribution is -2.49. The fourth-order valence-electron chi connectivity index (χ4n) is 3.12. The number of likely N-dealkylation sites (tertiary alicyclic amines) is 1. The standard InChI is InChI=1S/C16H22N2O3/c1-2-7-16(15(20)21)8-4-9-18(11-16)14(19)12-5-3-6-13(17)10-12/h3,5-6,10H,2,4,7-9,11,17H2,1H3,(H,20,21). The first-order valence-corrected chi connectivity index (χ1v) is 7.37. The van der Waals surface area contributed by atoms with Crippen LogP contribution in [0.2, 0.25) is 0 Å². The zero-order valence-corrected chi connectivity index (χ0v) is 12.3. The molecule has 0 spiro atoms. The number of hydrogen-bond acceptors (Lipinski definition) is 3. The van der Waals surface area contributed by atoms with E-state index in [4.69, 9.17) is 5.73 Å². The molecule has 0 saturated carbocycles. The Balaban J connectivity index is 2.20. The van der Waals surface area contributed by atoms with E-state index in [-0.39, 0.29) is 12.5 Å². The lowest BCUT2D eigenvalue weighted by Gasteiger charge is -2.40. The summed E-state index contributed by atoms with van der Waals surface area (Å²) in [4.78, 5) is 25.9. The number of aliphatic carboxylic acids is 1. The third-order valence-corrected chi connectivity index (χ3v) is 4.18. The highest BCUT2D eigenvalue weighted by Crippen LogP contribution is 2.35. The first-order valence-electron chi connectivity index (χ1n) is 7.37. The fraction of sp³-hybridized carbons (Fsp3) is 0.500. The van der Waals surface area contributed by atoms with Gasteiger partial charge in [0.1, 0.15) is 0 Å². The van der Waals surface area contributed by atoms with Crippen LogP contribution in [0.25, 0.3) is 0 Å². The molecule has 2 rings (SSSR count). The number of benzene rings is 1. The normalized spacial score (nSPS) is 22.0. The van der Waals surface area contributed by atoms with E-state index in [0.29, 0.717) is 30.6 Å². The predicted molar refractivity (Wildman–Crippen MR) is 81.0 cm³/mol. The van der Waals surface area contributed by atoms with Crippen LogP contribution in [0.3, 0.4) is 0 Å². The Kier molecular flexibility index (Phi) is 4.50. The Labute approximate surface area is 124 Å².